The third-order valence-corrected chi connectivity index (χ3v) is 3.08. The summed E-state index contributed by atoms with van der Waals surface area (Å²) in [4.78, 5) is 0. The second-order valence-electron chi connectivity index (χ2n) is 4.51. The standard InChI is InChI=1S/C18H16ClFO/c19-12-4-9-16-14-17(20)10-11-18(16)21-13-5-8-15-6-2-1-3-7-15/h1-3,6-7,10-11,14H,5,8,12-13H2. The molecule has 2 aromatic rings. The van der Waals surface area contributed by atoms with Crippen molar-refractivity contribution in [2.75, 3.05) is 12.5 Å². The van der Waals surface area contributed by atoms with Gasteiger partial charge in [-0.05, 0) is 36.6 Å². The highest BCUT2D eigenvalue weighted by atomic mass is 35.5. The number of hydrogen-bond donors (Lipinski definition) is 0. The van der Waals surface area contributed by atoms with E-state index in [1.807, 2.05) is 18.2 Å². The Kier molecular flexibility index (Phi) is 6.12. The molecular weight excluding hydrogens is 287 g/mol. The van der Waals surface area contributed by atoms with E-state index in [1.165, 1.54) is 17.7 Å². The summed E-state index contributed by atoms with van der Waals surface area (Å²) in [7, 11) is 0. The van der Waals surface area contributed by atoms with Crippen LogP contribution < -0.4 is 4.74 Å². The van der Waals surface area contributed by atoms with E-state index in [-0.39, 0.29) is 11.7 Å². The van der Waals surface area contributed by atoms with Crippen LogP contribution >= 0.6 is 11.6 Å². The van der Waals surface area contributed by atoms with Crippen molar-refractivity contribution in [3.8, 4) is 17.6 Å². The zero-order valence-corrected chi connectivity index (χ0v) is 12.4. The molecular formula is C18H16ClFO. The van der Waals surface area contributed by atoms with Gasteiger partial charge in [0.25, 0.3) is 0 Å². The Labute approximate surface area is 129 Å². The number of ether oxygens (including phenoxy) is 1. The predicted octanol–water partition coefficient (Wildman–Crippen LogP) is 4.43. The van der Waals surface area contributed by atoms with Crippen LogP contribution in [0.5, 0.6) is 5.75 Å². The SMILES string of the molecule is Fc1ccc(OCCCc2ccccc2)c(C#CCCl)c1. The molecule has 0 aliphatic carbocycles. The number of aryl methyl sites for hydroxylation is 1. The molecule has 0 aromatic heterocycles. The van der Waals surface area contributed by atoms with Gasteiger partial charge >= 0.3 is 0 Å². The van der Waals surface area contributed by atoms with Crippen LogP contribution in [0.25, 0.3) is 0 Å². The molecule has 0 N–H and O–H groups in total. The normalized spacial score (nSPS) is 9.81. The van der Waals surface area contributed by atoms with Crippen molar-refractivity contribution in [3.63, 3.8) is 0 Å². The fourth-order valence-corrected chi connectivity index (χ4v) is 2.02. The topological polar surface area (TPSA) is 9.23 Å². The summed E-state index contributed by atoms with van der Waals surface area (Å²) in [6.45, 7) is 0.566. The van der Waals surface area contributed by atoms with Crippen molar-refractivity contribution >= 4 is 11.6 Å². The Morgan fingerprint density at radius 1 is 1.10 bits per heavy atom. The smallest absolute Gasteiger partial charge is 0.135 e. The molecule has 0 fully saturated rings. The van der Waals surface area contributed by atoms with Gasteiger partial charge in [0.2, 0.25) is 0 Å². The molecule has 1 nitrogen and oxygen atoms in total. The van der Waals surface area contributed by atoms with Crippen molar-refractivity contribution in [1.82, 2.24) is 0 Å². The zero-order chi connectivity index (χ0) is 14.9. The minimum Gasteiger partial charge on any atom is -0.492 e. The molecule has 0 aliphatic rings. The van der Waals surface area contributed by atoms with Gasteiger partial charge < -0.3 is 4.74 Å². The van der Waals surface area contributed by atoms with E-state index in [4.69, 9.17) is 16.3 Å². The van der Waals surface area contributed by atoms with Crippen LogP contribution in [0.3, 0.4) is 0 Å². The lowest BCUT2D eigenvalue weighted by molar-refractivity contribution is 0.309. The van der Waals surface area contributed by atoms with Crippen molar-refractivity contribution in [2.24, 2.45) is 0 Å². The van der Waals surface area contributed by atoms with E-state index in [0.29, 0.717) is 17.9 Å². The van der Waals surface area contributed by atoms with Gasteiger partial charge in [-0.1, -0.05) is 42.2 Å². The van der Waals surface area contributed by atoms with Crippen LogP contribution in [0.15, 0.2) is 48.5 Å². The Bertz CT molecular complexity index is 629. The quantitative estimate of drug-likeness (QED) is 0.451. The first kappa shape index (κ1) is 15.4. The van der Waals surface area contributed by atoms with Crippen molar-refractivity contribution in [2.45, 2.75) is 12.8 Å². The second kappa shape index (κ2) is 8.34. The van der Waals surface area contributed by atoms with Crippen LogP contribution in [0.4, 0.5) is 4.39 Å². The van der Waals surface area contributed by atoms with Crippen LogP contribution in [-0.4, -0.2) is 12.5 Å². The Morgan fingerprint density at radius 2 is 1.90 bits per heavy atom. The maximum Gasteiger partial charge on any atom is 0.135 e. The molecule has 0 heterocycles. The summed E-state index contributed by atoms with van der Waals surface area (Å²) in [6, 6.07) is 14.6. The van der Waals surface area contributed by atoms with E-state index < -0.39 is 0 Å². The molecule has 0 amide bonds. The summed E-state index contributed by atoms with van der Waals surface area (Å²) < 4.78 is 18.9. The minimum absolute atomic E-state index is 0.212. The zero-order valence-electron chi connectivity index (χ0n) is 11.6. The van der Waals surface area contributed by atoms with Crippen molar-refractivity contribution < 1.29 is 9.13 Å². The van der Waals surface area contributed by atoms with E-state index >= 15 is 0 Å². The van der Waals surface area contributed by atoms with Gasteiger partial charge in [0.1, 0.15) is 11.6 Å². The van der Waals surface area contributed by atoms with E-state index in [0.717, 1.165) is 12.8 Å². The molecule has 0 saturated heterocycles. The fraction of sp³-hybridized carbons (Fsp3) is 0.222. The largest absolute Gasteiger partial charge is 0.492 e. The molecule has 21 heavy (non-hydrogen) atoms. The lowest BCUT2D eigenvalue weighted by Gasteiger charge is -2.08. The molecule has 3 heteroatoms. The van der Waals surface area contributed by atoms with E-state index in [2.05, 4.69) is 24.0 Å². The summed E-state index contributed by atoms with van der Waals surface area (Å²) in [5, 5.41) is 0. The highest BCUT2D eigenvalue weighted by molar-refractivity contribution is 6.19. The first-order chi connectivity index (χ1) is 10.3. The molecule has 0 saturated carbocycles. The number of halogens is 2. The third-order valence-electron chi connectivity index (χ3n) is 2.94. The lowest BCUT2D eigenvalue weighted by Crippen LogP contribution is -2.01. The Balaban J connectivity index is 1.91. The van der Waals surface area contributed by atoms with Crippen molar-refractivity contribution in [1.29, 1.82) is 0 Å². The molecule has 0 aliphatic heterocycles. The summed E-state index contributed by atoms with van der Waals surface area (Å²) >= 11 is 5.53. The van der Waals surface area contributed by atoms with Gasteiger partial charge in [-0.2, -0.15) is 0 Å². The molecule has 0 atom stereocenters. The van der Waals surface area contributed by atoms with Crippen LogP contribution in [0.1, 0.15) is 17.5 Å². The van der Waals surface area contributed by atoms with Crippen LogP contribution in [0, 0.1) is 17.7 Å². The summed E-state index contributed by atoms with van der Waals surface area (Å²) in [5.41, 5.74) is 1.82. The number of hydrogen-bond acceptors (Lipinski definition) is 1. The van der Waals surface area contributed by atoms with Gasteiger partial charge in [-0.25, -0.2) is 4.39 Å². The molecule has 0 bridgehead atoms. The van der Waals surface area contributed by atoms with E-state index in [9.17, 15) is 4.39 Å². The second-order valence-corrected chi connectivity index (χ2v) is 4.78. The number of alkyl halides is 1. The number of rotatable bonds is 5. The summed E-state index contributed by atoms with van der Waals surface area (Å²) in [5.74, 6) is 6.02. The fourth-order valence-electron chi connectivity index (χ4n) is 1.96. The third kappa shape index (κ3) is 5.13. The lowest BCUT2D eigenvalue weighted by atomic mass is 10.1. The van der Waals surface area contributed by atoms with Gasteiger partial charge in [0.05, 0.1) is 18.1 Å². The van der Waals surface area contributed by atoms with E-state index in [1.54, 1.807) is 6.07 Å². The highest BCUT2D eigenvalue weighted by Gasteiger charge is 2.03. The first-order valence-corrected chi connectivity index (χ1v) is 7.34. The van der Waals surface area contributed by atoms with Gasteiger partial charge in [0, 0.05) is 0 Å². The molecule has 108 valence electrons. The van der Waals surface area contributed by atoms with Gasteiger partial charge in [-0.15, -0.1) is 11.6 Å². The number of benzene rings is 2. The maximum atomic E-state index is 13.2. The Hall–Kier alpha value is -1.98. The van der Waals surface area contributed by atoms with Gasteiger partial charge in [-0.3, -0.25) is 0 Å². The molecule has 2 aromatic carbocycles. The highest BCUT2D eigenvalue weighted by Crippen LogP contribution is 2.19. The summed E-state index contributed by atoms with van der Waals surface area (Å²) in [6.07, 6.45) is 1.84. The molecule has 2 rings (SSSR count). The van der Waals surface area contributed by atoms with Crippen molar-refractivity contribution in [3.05, 3.63) is 65.5 Å². The maximum absolute atomic E-state index is 13.2. The van der Waals surface area contributed by atoms with Gasteiger partial charge in [0.15, 0.2) is 0 Å². The first-order valence-electron chi connectivity index (χ1n) is 6.80. The minimum atomic E-state index is -0.328. The van der Waals surface area contributed by atoms with Crippen LogP contribution in [-0.2, 0) is 6.42 Å². The molecule has 0 spiro atoms. The predicted molar refractivity (Wildman–Crippen MR) is 84.3 cm³/mol. The van der Waals surface area contributed by atoms with Crippen LogP contribution in [0.2, 0.25) is 0 Å². The molecule has 0 unspecified atom stereocenters. The average Bonchev–Trinajstić information content (AvgIpc) is 2.52. The average molecular weight is 303 g/mol. The molecule has 0 radical (unpaired) electrons. The monoisotopic (exact) mass is 302 g/mol. The Morgan fingerprint density at radius 3 is 2.67 bits per heavy atom.